The molecule has 0 atom stereocenters. The molecule has 0 amide bonds. The molecular formula is C17H36O5. The fourth-order valence-electron chi connectivity index (χ4n) is 1.35. The largest absolute Gasteiger partial charge is 0.469 e. The SMILES string of the molecule is CC.CC.COC(=O)C(C)(C)CCOC(=O)C(C)(C)CCO. The van der Waals surface area contributed by atoms with Gasteiger partial charge in [0.25, 0.3) is 0 Å². The lowest BCUT2D eigenvalue weighted by atomic mass is 9.89. The van der Waals surface area contributed by atoms with Crippen molar-refractivity contribution in [3.8, 4) is 0 Å². The highest BCUT2D eigenvalue weighted by Gasteiger charge is 2.31. The molecule has 0 rings (SSSR count). The van der Waals surface area contributed by atoms with Crippen LogP contribution >= 0.6 is 0 Å². The molecular weight excluding hydrogens is 284 g/mol. The number of ether oxygens (including phenoxy) is 2. The molecule has 0 spiro atoms. The molecule has 0 fully saturated rings. The fraction of sp³-hybridized carbons (Fsp3) is 0.882. The summed E-state index contributed by atoms with van der Waals surface area (Å²) in [5.41, 5.74) is -1.37. The van der Waals surface area contributed by atoms with Crippen LogP contribution in [-0.2, 0) is 19.1 Å². The van der Waals surface area contributed by atoms with E-state index in [1.54, 1.807) is 27.7 Å². The Morgan fingerprint density at radius 3 is 1.64 bits per heavy atom. The van der Waals surface area contributed by atoms with Gasteiger partial charge in [0.1, 0.15) is 0 Å². The topological polar surface area (TPSA) is 72.8 Å². The summed E-state index contributed by atoms with van der Waals surface area (Å²) in [6.45, 7) is 15.0. The third-order valence-corrected chi connectivity index (χ3v) is 2.99. The molecule has 0 bridgehead atoms. The van der Waals surface area contributed by atoms with Gasteiger partial charge in [0.15, 0.2) is 0 Å². The Kier molecular flexibility index (Phi) is 15.9. The van der Waals surface area contributed by atoms with E-state index in [1.165, 1.54) is 7.11 Å². The lowest BCUT2D eigenvalue weighted by Crippen LogP contribution is -2.31. The molecule has 0 aliphatic heterocycles. The third-order valence-electron chi connectivity index (χ3n) is 2.99. The van der Waals surface area contributed by atoms with Gasteiger partial charge in [-0.1, -0.05) is 27.7 Å². The number of hydrogen-bond donors (Lipinski definition) is 1. The van der Waals surface area contributed by atoms with E-state index in [-0.39, 0.29) is 25.2 Å². The summed E-state index contributed by atoms with van der Waals surface area (Å²) in [5, 5.41) is 8.84. The van der Waals surface area contributed by atoms with Gasteiger partial charge in [-0.25, -0.2) is 0 Å². The van der Waals surface area contributed by atoms with Gasteiger partial charge in [-0.2, -0.15) is 0 Å². The number of methoxy groups -OCH3 is 1. The molecule has 22 heavy (non-hydrogen) atoms. The highest BCUT2D eigenvalue weighted by molar-refractivity contribution is 5.76. The number of carbonyl (C=O) groups excluding carboxylic acids is 2. The third kappa shape index (κ3) is 10.6. The zero-order valence-corrected chi connectivity index (χ0v) is 15.9. The highest BCUT2D eigenvalue weighted by atomic mass is 16.5. The molecule has 0 aromatic rings. The first kappa shape index (κ1) is 25.8. The molecule has 5 heteroatoms. The number of hydrogen-bond acceptors (Lipinski definition) is 5. The Hall–Kier alpha value is -1.10. The van der Waals surface area contributed by atoms with Gasteiger partial charge in [0.05, 0.1) is 24.5 Å². The Labute approximate surface area is 136 Å². The molecule has 0 saturated carbocycles. The van der Waals surface area contributed by atoms with Gasteiger partial charge < -0.3 is 14.6 Å². The molecule has 0 saturated heterocycles. The number of rotatable bonds is 7. The van der Waals surface area contributed by atoms with E-state index in [0.29, 0.717) is 12.8 Å². The van der Waals surface area contributed by atoms with Crippen LogP contribution in [0, 0.1) is 10.8 Å². The monoisotopic (exact) mass is 320 g/mol. The molecule has 0 aromatic heterocycles. The molecule has 5 nitrogen and oxygen atoms in total. The van der Waals surface area contributed by atoms with Crippen LogP contribution in [0.1, 0.15) is 68.2 Å². The van der Waals surface area contributed by atoms with E-state index in [0.717, 1.165) is 0 Å². The Morgan fingerprint density at radius 1 is 0.864 bits per heavy atom. The Balaban J connectivity index is -0.000000826. The molecule has 0 aliphatic carbocycles. The van der Waals surface area contributed by atoms with Gasteiger partial charge in [0, 0.05) is 6.61 Å². The minimum absolute atomic E-state index is 0.0598. The van der Waals surface area contributed by atoms with Crippen molar-refractivity contribution in [1.29, 1.82) is 0 Å². The first-order chi connectivity index (χ1) is 10.2. The maximum Gasteiger partial charge on any atom is 0.311 e. The standard InChI is InChI=1S/C13H24O5.2C2H6/c1-12(2,6-8-14)11(16)18-9-7-13(3,4)10(15)17-5;2*1-2/h14H,6-9H2,1-5H3;2*1-2H3. The summed E-state index contributed by atoms with van der Waals surface area (Å²) in [6, 6.07) is 0. The van der Waals surface area contributed by atoms with E-state index in [2.05, 4.69) is 4.74 Å². The Bertz CT molecular complexity index is 295. The van der Waals surface area contributed by atoms with Crippen LogP contribution in [0.3, 0.4) is 0 Å². The van der Waals surface area contributed by atoms with Crippen LogP contribution in [0.5, 0.6) is 0 Å². The summed E-state index contributed by atoms with van der Waals surface area (Å²) in [7, 11) is 1.33. The minimum Gasteiger partial charge on any atom is -0.469 e. The second-order valence-corrected chi connectivity index (χ2v) is 5.62. The average molecular weight is 320 g/mol. The molecule has 1 N–H and O–H groups in total. The average Bonchev–Trinajstić information content (AvgIpc) is 2.50. The zero-order chi connectivity index (χ0) is 18.4. The molecule has 0 aromatic carbocycles. The molecule has 0 aliphatic rings. The smallest absolute Gasteiger partial charge is 0.311 e. The second-order valence-electron chi connectivity index (χ2n) is 5.62. The minimum atomic E-state index is -0.704. The number of esters is 2. The van der Waals surface area contributed by atoms with Crippen molar-refractivity contribution in [2.24, 2.45) is 10.8 Å². The maximum absolute atomic E-state index is 11.7. The van der Waals surface area contributed by atoms with Gasteiger partial charge >= 0.3 is 11.9 Å². The predicted octanol–water partition coefficient (Wildman–Crippen LogP) is 3.58. The van der Waals surface area contributed by atoms with Crippen molar-refractivity contribution in [3.05, 3.63) is 0 Å². The summed E-state index contributed by atoms with van der Waals surface area (Å²) in [6.07, 6.45) is 0.757. The zero-order valence-electron chi connectivity index (χ0n) is 15.9. The van der Waals surface area contributed by atoms with E-state index < -0.39 is 10.8 Å². The van der Waals surface area contributed by atoms with Crippen LogP contribution in [0.2, 0.25) is 0 Å². The molecule has 0 heterocycles. The van der Waals surface area contributed by atoms with Crippen molar-refractivity contribution < 1.29 is 24.2 Å². The summed E-state index contributed by atoms with van der Waals surface area (Å²) in [5.74, 6) is -0.689. The fourth-order valence-corrected chi connectivity index (χ4v) is 1.35. The normalized spacial score (nSPS) is 10.5. The molecule has 0 radical (unpaired) electrons. The van der Waals surface area contributed by atoms with Crippen molar-refractivity contribution in [2.75, 3.05) is 20.3 Å². The van der Waals surface area contributed by atoms with Crippen LogP contribution in [0.25, 0.3) is 0 Å². The van der Waals surface area contributed by atoms with Crippen LogP contribution in [0.15, 0.2) is 0 Å². The van der Waals surface area contributed by atoms with Crippen LogP contribution in [-0.4, -0.2) is 37.4 Å². The summed E-state index contributed by atoms with van der Waals surface area (Å²) < 4.78 is 9.80. The first-order valence-electron chi connectivity index (χ1n) is 8.04. The van der Waals surface area contributed by atoms with Gasteiger partial charge in [-0.15, -0.1) is 0 Å². The quantitative estimate of drug-likeness (QED) is 0.726. The van der Waals surface area contributed by atoms with Crippen molar-refractivity contribution in [3.63, 3.8) is 0 Å². The van der Waals surface area contributed by atoms with E-state index >= 15 is 0 Å². The first-order valence-corrected chi connectivity index (χ1v) is 8.04. The van der Waals surface area contributed by atoms with Crippen molar-refractivity contribution >= 4 is 11.9 Å². The number of carbonyl (C=O) groups is 2. The van der Waals surface area contributed by atoms with Gasteiger partial charge in [-0.05, 0) is 40.5 Å². The predicted molar refractivity (Wildman–Crippen MR) is 89.6 cm³/mol. The molecule has 0 unspecified atom stereocenters. The number of aliphatic hydroxyl groups excluding tert-OH is 1. The van der Waals surface area contributed by atoms with Crippen molar-refractivity contribution in [2.45, 2.75) is 68.2 Å². The van der Waals surface area contributed by atoms with Crippen molar-refractivity contribution in [1.82, 2.24) is 0 Å². The Morgan fingerprint density at radius 2 is 1.27 bits per heavy atom. The highest BCUT2D eigenvalue weighted by Crippen LogP contribution is 2.25. The summed E-state index contributed by atoms with van der Waals surface area (Å²) in [4.78, 5) is 23.1. The van der Waals surface area contributed by atoms with Crippen LogP contribution in [0.4, 0.5) is 0 Å². The summed E-state index contributed by atoms with van der Waals surface area (Å²) >= 11 is 0. The van der Waals surface area contributed by atoms with E-state index in [1.807, 2.05) is 27.7 Å². The maximum atomic E-state index is 11.7. The second kappa shape index (κ2) is 13.6. The van der Waals surface area contributed by atoms with Crippen LogP contribution < -0.4 is 0 Å². The van der Waals surface area contributed by atoms with Gasteiger partial charge in [-0.3, -0.25) is 9.59 Å². The number of aliphatic hydroxyl groups is 1. The molecule has 134 valence electrons. The van der Waals surface area contributed by atoms with Gasteiger partial charge in [0.2, 0.25) is 0 Å². The van der Waals surface area contributed by atoms with E-state index in [9.17, 15) is 9.59 Å². The lowest BCUT2D eigenvalue weighted by Gasteiger charge is -2.24. The lowest BCUT2D eigenvalue weighted by molar-refractivity contribution is -0.159. The van der Waals surface area contributed by atoms with E-state index in [4.69, 9.17) is 9.84 Å².